The molecule has 0 saturated carbocycles. The van der Waals surface area contributed by atoms with Gasteiger partial charge >= 0.3 is 0 Å². The Bertz CT molecular complexity index is 877. The average Bonchev–Trinajstić information content (AvgIpc) is 3.02. The van der Waals surface area contributed by atoms with Crippen molar-refractivity contribution in [1.29, 1.82) is 0 Å². The minimum atomic E-state index is -0.155. The number of carbonyl (C=O) groups excluding carboxylic acids is 1. The predicted octanol–water partition coefficient (Wildman–Crippen LogP) is 4.51. The lowest BCUT2D eigenvalue weighted by atomic mass is 10.2. The molecule has 0 saturated heterocycles. The van der Waals surface area contributed by atoms with Crippen molar-refractivity contribution in [3.05, 3.63) is 87.7 Å². The molecule has 1 aromatic heterocycles. The molecule has 0 aliphatic heterocycles. The second-order valence-corrected chi connectivity index (χ2v) is 6.66. The fourth-order valence-corrected chi connectivity index (χ4v) is 3.05. The second-order valence-electron chi connectivity index (χ2n) is 5.82. The predicted molar refractivity (Wildman–Crippen MR) is 100 cm³/mol. The molecule has 4 nitrogen and oxygen atoms in total. The maximum absolute atomic E-state index is 12.6. The standard InChI is InChI=1S/C19H17Cl2N3O/c1-23(19(25)17-8-7-16(20)9-18(17)21)11-15-10-22-24(13-15)12-14-5-3-2-4-6-14/h2-10,13H,11-12H2,1H3. The van der Waals surface area contributed by atoms with Gasteiger partial charge in [0.2, 0.25) is 0 Å². The summed E-state index contributed by atoms with van der Waals surface area (Å²) >= 11 is 12.0. The van der Waals surface area contributed by atoms with Crippen molar-refractivity contribution in [1.82, 2.24) is 14.7 Å². The van der Waals surface area contributed by atoms with Crippen molar-refractivity contribution in [3.8, 4) is 0 Å². The highest BCUT2D eigenvalue weighted by Crippen LogP contribution is 2.22. The zero-order valence-electron chi connectivity index (χ0n) is 13.7. The van der Waals surface area contributed by atoms with E-state index in [-0.39, 0.29) is 5.91 Å². The van der Waals surface area contributed by atoms with Gasteiger partial charge in [-0.15, -0.1) is 0 Å². The summed E-state index contributed by atoms with van der Waals surface area (Å²) in [7, 11) is 1.74. The van der Waals surface area contributed by atoms with Gasteiger partial charge in [-0.25, -0.2) is 0 Å². The molecule has 0 fully saturated rings. The molecule has 3 aromatic rings. The van der Waals surface area contributed by atoms with Crippen LogP contribution in [0.3, 0.4) is 0 Å². The summed E-state index contributed by atoms with van der Waals surface area (Å²) in [5, 5.41) is 5.22. The van der Waals surface area contributed by atoms with Gasteiger partial charge in [0.25, 0.3) is 5.91 Å². The molecule has 0 bridgehead atoms. The van der Waals surface area contributed by atoms with Crippen LogP contribution in [-0.4, -0.2) is 27.6 Å². The van der Waals surface area contributed by atoms with Crippen molar-refractivity contribution in [2.45, 2.75) is 13.1 Å². The first-order valence-electron chi connectivity index (χ1n) is 7.78. The van der Waals surface area contributed by atoms with Gasteiger partial charge in [0.15, 0.2) is 0 Å². The molecule has 1 heterocycles. The SMILES string of the molecule is CN(Cc1cnn(Cc2ccccc2)c1)C(=O)c1ccc(Cl)cc1Cl. The number of carbonyl (C=O) groups is 1. The van der Waals surface area contributed by atoms with Crippen LogP contribution < -0.4 is 0 Å². The Morgan fingerprint density at radius 2 is 1.88 bits per heavy atom. The van der Waals surface area contributed by atoms with Gasteiger partial charge in [0, 0.05) is 30.4 Å². The Labute approximate surface area is 156 Å². The molecule has 0 spiro atoms. The summed E-state index contributed by atoms with van der Waals surface area (Å²) in [5.41, 5.74) is 2.57. The number of nitrogens with zero attached hydrogens (tertiary/aromatic N) is 3. The first-order chi connectivity index (χ1) is 12.0. The highest BCUT2D eigenvalue weighted by Gasteiger charge is 2.16. The molecule has 1 amide bonds. The van der Waals surface area contributed by atoms with Crippen LogP contribution in [0.15, 0.2) is 60.9 Å². The quantitative estimate of drug-likeness (QED) is 0.659. The van der Waals surface area contributed by atoms with E-state index in [1.807, 2.05) is 29.1 Å². The molecule has 0 radical (unpaired) electrons. The summed E-state index contributed by atoms with van der Waals surface area (Å²) in [4.78, 5) is 14.2. The third kappa shape index (κ3) is 4.41. The number of hydrogen-bond acceptors (Lipinski definition) is 2. The Balaban J connectivity index is 1.67. The van der Waals surface area contributed by atoms with Crippen molar-refractivity contribution >= 4 is 29.1 Å². The minimum Gasteiger partial charge on any atom is -0.337 e. The topological polar surface area (TPSA) is 38.1 Å². The molecule has 2 aromatic carbocycles. The van der Waals surface area contributed by atoms with E-state index in [4.69, 9.17) is 23.2 Å². The van der Waals surface area contributed by atoms with Crippen molar-refractivity contribution in [3.63, 3.8) is 0 Å². The molecular formula is C19H17Cl2N3O. The summed E-state index contributed by atoms with van der Waals surface area (Å²) in [6, 6.07) is 15.0. The van der Waals surface area contributed by atoms with Crippen molar-refractivity contribution in [2.24, 2.45) is 0 Å². The van der Waals surface area contributed by atoms with Crippen LogP contribution in [0.1, 0.15) is 21.5 Å². The van der Waals surface area contributed by atoms with E-state index < -0.39 is 0 Å². The van der Waals surface area contributed by atoms with Gasteiger partial charge in [-0.2, -0.15) is 5.10 Å². The highest BCUT2D eigenvalue weighted by molar-refractivity contribution is 6.36. The molecule has 128 valence electrons. The van der Waals surface area contributed by atoms with Gasteiger partial charge in [0.05, 0.1) is 23.3 Å². The van der Waals surface area contributed by atoms with Gasteiger partial charge < -0.3 is 4.90 Å². The van der Waals surface area contributed by atoms with E-state index in [0.29, 0.717) is 28.7 Å². The summed E-state index contributed by atoms with van der Waals surface area (Å²) < 4.78 is 1.86. The van der Waals surface area contributed by atoms with E-state index in [2.05, 4.69) is 17.2 Å². The lowest BCUT2D eigenvalue weighted by Crippen LogP contribution is -2.26. The Morgan fingerprint density at radius 1 is 1.12 bits per heavy atom. The van der Waals surface area contributed by atoms with Crippen LogP contribution in [0.4, 0.5) is 0 Å². The second kappa shape index (κ2) is 7.72. The van der Waals surface area contributed by atoms with Crippen molar-refractivity contribution < 1.29 is 4.79 Å². The normalized spacial score (nSPS) is 10.7. The summed E-state index contributed by atoms with van der Waals surface area (Å²) in [5.74, 6) is -0.155. The van der Waals surface area contributed by atoms with Crippen LogP contribution in [0, 0.1) is 0 Å². The van der Waals surface area contributed by atoms with Gasteiger partial charge in [-0.3, -0.25) is 9.48 Å². The van der Waals surface area contributed by atoms with Crippen LogP contribution in [-0.2, 0) is 13.1 Å². The van der Waals surface area contributed by atoms with Crippen LogP contribution in [0.2, 0.25) is 10.0 Å². The fourth-order valence-electron chi connectivity index (χ4n) is 2.56. The molecule has 3 rings (SSSR count). The van der Waals surface area contributed by atoms with Crippen LogP contribution >= 0.6 is 23.2 Å². The van der Waals surface area contributed by atoms with E-state index in [1.165, 1.54) is 5.56 Å². The maximum atomic E-state index is 12.6. The molecule has 0 N–H and O–H groups in total. The van der Waals surface area contributed by atoms with Crippen LogP contribution in [0.5, 0.6) is 0 Å². The van der Waals surface area contributed by atoms with E-state index in [0.717, 1.165) is 5.56 Å². The van der Waals surface area contributed by atoms with Crippen LogP contribution in [0.25, 0.3) is 0 Å². The van der Waals surface area contributed by atoms with E-state index in [9.17, 15) is 4.79 Å². The Hall–Kier alpha value is -2.30. The van der Waals surface area contributed by atoms with Gasteiger partial charge in [0.1, 0.15) is 0 Å². The number of aromatic nitrogens is 2. The third-order valence-corrected chi connectivity index (χ3v) is 4.35. The minimum absolute atomic E-state index is 0.155. The molecule has 0 unspecified atom stereocenters. The fraction of sp³-hybridized carbons (Fsp3) is 0.158. The van der Waals surface area contributed by atoms with Gasteiger partial charge in [-0.1, -0.05) is 53.5 Å². The monoisotopic (exact) mass is 373 g/mol. The molecule has 0 aliphatic carbocycles. The molecule has 6 heteroatoms. The molecule has 0 aliphatic rings. The largest absolute Gasteiger partial charge is 0.337 e. The number of hydrogen-bond donors (Lipinski definition) is 0. The number of halogens is 2. The summed E-state index contributed by atoms with van der Waals surface area (Å²) in [6.07, 6.45) is 3.72. The first kappa shape index (κ1) is 17.5. The smallest absolute Gasteiger partial charge is 0.255 e. The number of amides is 1. The Morgan fingerprint density at radius 3 is 2.60 bits per heavy atom. The number of rotatable bonds is 5. The first-order valence-corrected chi connectivity index (χ1v) is 8.54. The Kier molecular flexibility index (Phi) is 5.41. The molecule has 0 atom stereocenters. The third-order valence-electron chi connectivity index (χ3n) is 3.80. The maximum Gasteiger partial charge on any atom is 0.255 e. The lowest BCUT2D eigenvalue weighted by molar-refractivity contribution is 0.0785. The zero-order chi connectivity index (χ0) is 17.8. The number of benzene rings is 2. The van der Waals surface area contributed by atoms with Gasteiger partial charge in [-0.05, 0) is 23.8 Å². The van der Waals surface area contributed by atoms with Crippen molar-refractivity contribution in [2.75, 3.05) is 7.05 Å². The molecule has 25 heavy (non-hydrogen) atoms. The summed E-state index contributed by atoms with van der Waals surface area (Å²) in [6.45, 7) is 1.15. The van der Waals surface area contributed by atoms with E-state index >= 15 is 0 Å². The average molecular weight is 374 g/mol. The van der Waals surface area contributed by atoms with E-state index in [1.54, 1.807) is 36.3 Å². The molecular weight excluding hydrogens is 357 g/mol. The highest BCUT2D eigenvalue weighted by atomic mass is 35.5. The lowest BCUT2D eigenvalue weighted by Gasteiger charge is -2.17. The zero-order valence-corrected chi connectivity index (χ0v) is 15.2.